The van der Waals surface area contributed by atoms with E-state index in [4.69, 9.17) is 4.74 Å². The first-order chi connectivity index (χ1) is 9.26. The van der Waals surface area contributed by atoms with Gasteiger partial charge in [-0.15, -0.1) is 0 Å². The van der Waals surface area contributed by atoms with Gasteiger partial charge >= 0.3 is 6.09 Å². The van der Waals surface area contributed by atoms with Crippen molar-refractivity contribution >= 4 is 6.09 Å². The molecule has 0 unspecified atom stereocenters. The fourth-order valence-corrected chi connectivity index (χ4v) is 3.11. The minimum Gasteiger partial charge on any atom is -0.444 e. The molecular weight excluding hydrogens is 254 g/mol. The monoisotopic (exact) mass is 283 g/mol. The minimum atomic E-state index is -0.408. The zero-order valence-corrected chi connectivity index (χ0v) is 13.6. The quantitative estimate of drug-likeness (QED) is 0.772. The Hall–Kier alpha value is -0.810. The molecule has 2 fully saturated rings. The summed E-state index contributed by atoms with van der Waals surface area (Å²) in [6.45, 7) is 9.67. The van der Waals surface area contributed by atoms with Crippen molar-refractivity contribution in [3.8, 4) is 0 Å². The molecule has 0 bridgehead atoms. The van der Waals surface area contributed by atoms with E-state index in [9.17, 15) is 4.79 Å². The van der Waals surface area contributed by atoms with Gasteiger partial charge in [0, 0.05) is 31.7 Å². The molecule has 20 heavy (non-hydrogen) atoms. The fourth-order valence-electron chi connectivity index (χ4n) is 3.11. The first-order valence-corrected chi connectivity index (χ1v) is 7.64. The van der Waals surface area contributed by atoms with Crippen LogP contribution in [0.5, 0.6) is 0 Å². The number of ether oxygens (including phenoxy) is 1. The van der Waals surface area contributed by atoms with E-state index < -0.39 is 5.60 Å². The molecule has 5 nitrogen and oxygen atoms in total. The summed E-state index contributed by atoms with van der Waals surface area (Å²) in [5, 5.41) is 0. The molecule has 2 heterocycles. The van der Waals surface area contributed by atoms with E-state index in [1.165, 1.54) is 13.0 Å². The first-order valence-electron chi connectivity index (χ1n) is 7.64. The van der Waals surface area contributed by atoms with Crippen LogP contribution in [0.1, 0.15) is 33.6 Å². The zero-order chi connectivity index (χ0) is 14.9. The molecule has 116 valence electrons. The standard InChI is InChI=1S/C15H29N3O2/c1-15(2,3)20-14(19)18-9-7-13(11-18)17(5)12-6-8-16(4)10-12/h12-13H,6-11H2,1-5H3/t12-,13+/m0/s1. The predicted molar refractivity (Wildman–Crippen MR) is 79.9 cm³/mol. The molecule has 0 radical (unpaired) electrons. The van der Waals surface area contributed by atoms with Gasteiger partial charge in [-0.2, -0.15) is 0 Å². The van der Waals surface area contributed by atoms with E-state index in [1.54, 1.807) is 0 Å². The summed E-state index contributed by atoms with van der Waals surface area (Å²) in [5.41, 5.74) is -0.408. The van der Waals surface area contributed by atoms with Crippen molar-refractivity contribution in [3.05, 3.63) is 0 Å². The lowest BCUT2D eigenvalue weighted by Gasteiger charge is -2.30. The van der Waals surface area contributed by atoms with Crippen LogP contribution in [-0.4, -0.2) is 78.8 Å². The van der Waals surface area contributed by atoms with Gasteiger partial charge in [-0.05, 0) is 54.3 Å². The SMILES string of the molecule is CN1CC[C@H](N(C)[C@@H]2CCN(C(=O)OC(C)(C)C)C2)C1. The summed E-state index contributed by atoms with van der Waals surface area (Å²) < 4.78 is 5.45. The molecule has 2 aliphatic heterocycles. The van der Waals surface area contributed by atoms with Gasteiger partial charge in [-0.3, -0.25) is 4.90 Å². The van der Waals surface area contributed by atoms with Gasteiger partial charge in [0.25, 0.3) is 0 Å². The van der Waals surface area contributed by atoms with Crippen LogP contribution in [0.3, 0.4) is 0 Å². The Morgan fingerprint density at radius 1 is 1.15 bits per heavy atom. The molecule has 0 spiro atoms. The number of nitrogens with zero attached hydrogens (tertiary/aromatic N) is 3. The van der Waals surface area contributed by atoms with Gasteiger partial charge in [0.15, 0.2) is 0 Å². The van der Waals surface area contributed by atoms with Crippen LogP contribution in [0.4, 0.5) is 4.79 Å². The average molecular weight is 283 g/mol. The van der Waals surface area contributed by atoms with Gasteiger partial charge in [0.2, 0.25) is 0 Å². The van der Waals surface area contributed by atoms with Gasteiger partial charge in [-0.1, -0.05) is 0 Å². The number of carbonyl (C=O) groups excluding carboxylic acids is 1. The lowest BCUT2D eigenvalue weighted by atomic mass is 10.1. The second-order valence-corrected chi connectivity index (χ2v) is 7.24. The van der Waals surface area contributed by atoms with E-state index in [1.807, 2.05) is 25.7 Å². The fraction of sp³-hybridized carbons (Fsp3) is 0.933. The van der Waals surface area contributed by atoms with Crippen molar-refractivity contribution in [2.45, 2.75) is 51.3 Å². The van der Waals surface area contributed by atoms with E-state index >= 15 is 0 Å². The van der Waals surface area contributed by atoms with Gasteiger partial charge < -0.3 is 14.5 Å². The molecule has 0 saturated carbocycles. The smallest absolute Gasteiger partial charge is 0.410 e. The molecular formula is C15H29N3O2. The van der Waals surface area contributed by atoms with Gasteiger partial charge in [0.05, 0.1) is 0 Å². The molecule has 2 rings (SSSR count). The van der Waals surface area contributed by atoms with Crippen LogP contribution in [0.25, 0.3) is 0 Å². The number of amides is 1. The molecule has 2 atom stereocenters. The van der Waals surface area contributed by atoms with Crippen molar-refractivity contribution in [3.63, 3.8) is 0 Å². The Morgan fingerprint density at radius 2 is 1.75 bits per heavy atom. The third kappa shape index (κ3) is 3.85. The van der Waals surface area contributed by atoms with Crippen molar-refractivity contribution in [1.82, 2.24) is 14.7 Å². The first kappa shape index (κ1) is 15.6. The van der Waals surface area contributed by atoms with Crippen LogP contribution >= 0.6 is 0 Å². The number of hydrogen-bond acceptors (Lipinski definition) is 4. The summed E-state index contributed by atoms with van der Waals surface area (Å²) in [5.74, 6) is 0. The zero-order valence-electron chi connectivity index (χ0n) is 13.6. The predicted octanol–water partition coefficient (Wildman–Crippen LogP) is 1.63. The van der Waals surface area contributed by atoms with Crippen molar-refractivity contribution < 1.29 is 9.53 Å². The van der Waals surface area contributed by atoms with Crippen LogP contribution in [-0.2, 0) is 4.74 Å². The lowest BCUT2D eigenvalue weighted by Crippen LogP contribution is -2.44. The minimum absolute atomic E-state index is 0.170. The number of likely N-dealkylation sites (N-methyl/N-ethyl adjacent to an activating group) is 2. The summed E-state index contributed by atoms with van der Waals surface area (Å²) in [4.78, 5) is 18.8. The van der Waals surface area contributed by atoms with E-state index in [0.717, 1.165) is 26.1 Å². The van der Waals surface area contributed by atoms with Crippen molar-refractivity contribution in [2.75, 3.05) is 40.3 Å². The maximum absolute atomic E-state index is 12.1. The largest absolute Gasteiger partial charge is 0.444 e. The number of carbonyl (C=O) groups is 1. The molecule has 5 heteroatoms. The van der Waals surface area contributed by atoms with Crippen LogP contribution < -0.4 is 0 Å². The van der Waals surface area contributed by atoms with Crippen molar-refractivity contribution in [1.29, 1.82) is 0 Å². The number of likely N-dealkylation sites (tertiary alicyclic amines) is 2. The van der Waals surface area contributed by atoms with Gasteiger partial charge in [-0.25, -0.2) is 4.79 Å². The second-order valence-electron chi connectivity index (χ2n) is 7.24. The van der Waals surface area contributed by atoms with Crippen LogP contribution in [0.15, 0.2) is 0 Å². The Balaban J connectivity index is 1.84. The highest BCUT2D eigenvalue weighted by molar-refractivity contribution is 5.68. The molecule has 1 amide bonds. The summed E-state index contributed by atoms with van der Waals surface area (Å²) in [6.07, 6.45) is 2.11. The van der Waals surface area contributed by atoms with Crippen LogP contribution in [0, 0.1) is 0 Å². The Morgan fingerprint density at radius 3 is 2.30 bits per heavy atom. The molecule has 0 N–H and O–H groups in total. The maximum atomic E-state index is 12.1. The normalized spacial score (nSPS) is 28.4. The molecule has 2 aliphatic rings. The van der Waals surface area contributed by atoms with Gasteiger partial charge in [0.1, 0.15) is 5.60 Å². The maximum Gasteiger partial charge on any atom is 0.410 e. The molecule has 0 aliphatic carbocycles. The molecule has 2 saturated heterocycles. The molecule has 0 aromatic carbocycles. The highest BCUT2D eigenvalue weighted by Crippen LogP contribution is 2.22. The van der Waals surface area contributed by atoms with E-state index in [0.29, 0.717) is 12.1 Å². The second kappa shape index (κ2) is 5.90. The summed E-state index contributed by atoms with van der Waals surface area (Å²) in [6, 6.07) is 1.10. The molecule has 0 aromatic heterocycles. The topological polar surface area (TPSA) is 36.0 Å². The average Bonchev–Trinajstić information content (AvgIpc) is 2.94. The summed E-state index contributed by atoms with van der Waals surface area (Å²) in [7, 11) is 4.38. The Labute approximate surface area is 122 Å². The lowest BCUT2D eigenvalue weighted by molar-refractivity contribution is 0.0278. The van der Waals surface area contributed by atoms with Crippen molar-refractivity contribution in [2.24, 2.45) is 0 Å². The number of hydrogen-bond donors (Lipinski definition) is 0. The summed E-state index contributed by atoms with van der Waals surface area (Å²) >= 11 is 0. The third-order valence-corrected chi connectivity index (χ3v) is 4.33. The Bertz CT molecular complexity index is 354. The van der Waals surface area contributed by atoms with Crippen LogP contribution in [0.2, 0.25) is 0 Å². The van der Waals surface area contributed by atoms with E-state index in [2.05, 4.69) is 23.9 Å². The highest BCUT2D eigenvalue weighted by Gasteiger charge is 2.35. The third-order valence-electron chi connectivity index (χ3n) is 4.33. The highest BCUT2D eigenvalue weighted by atomic mass is 16.6. The Kier molecular flexibility index (Phi) is 4.59. The molecule has 0 aromatic rings. The van der Waals surface area contributed by atoms with E-state index in [-0.39, 0.29) is 6.09 Å². The number of rotatable bonds is 2.